The van der Waals surface area contributed by atoms with Gasteiger partial charge in [0.2, 0.25) is 5.82 Å². The molecule has 9 nitrogen and oxygen atoms in total. The van der Waals surface area contributed by atoms with Crippen molar-refractivity contribution in [3.05, 3.63) is 84.0 Å². The van der Waals surface area contributed by atoms with Gasteiger partial charge in [0, 0.05) is 11.9 Å². The van der Waals surface area contributed by atoms with E-state index in [0.29, 0.717) is 22.9 Å². The second kappa shape index (κ2) is 8.80. The number of ether oxygens (including phenoxy) is 1. The summed E-state index contributed by atoms with van der Waals surface area (Å²) in [5.41, 5.74) is 1.91. The van der Waals surface area contributed by atoms with E-state index >= 15 is 0 Å². The van der Waals surface area contributed by atoms with Crippen LogP contribution < -0.4 is 5.32 Å². The molecule has 0 unspecified atom stereocenters. The van der Waals surface area contributed by atoms with E-state index in [0.717, 1.165) is 0 Å². The zero-order valence-corrected chi connectivity index (χ0v) is 17.3. The molecule has 2 aromatic heterocycles. The van der Waals surface area contributed by atoms with Crippen molar-refractivity contribution in [1.82, 2.24) is 24.5 Å². The molecule has 1 amide bonds. The van der Waals surface area contributed by atoms with Gasteiger partial charge in [-0.2, -0.15) is 5.10 Å². The van der Waals surface area contributed by atoms with Gasteiger partial charge in [-0.05, 0) is 62.4 Å². The molecule has 0 fully saturated rings. The third-order valence-electron chi connectivity index (χ3n) is 4.49. The highest BCUT2D eigenvalue weighted by Crippen LogP contribution is 2.16. The number of nitrogens with zero attached hydrogens (tertiary/aromatic N) is 5. The van der Waals surface area contributed by atoms with Gasteiger partial charge in [-0.25, -0.2) is 23.5 Å². The summed E-state index contributed by atoms with van der Waals surface area (Å²) in [6.07, 6.45) is 1.63. The van der Waals surface area contributed by atoms with E-state index in [1.165, 1.54) is 21.5 Å². The van der Waals surface area contributed by atoms with Crippen LogP contribution in [0.3, 0.4) is 0 Å². The Morgan fingerprint density at radius 1 is 1.06 bits per heavy atom. The van der Waals surface area contributed by atoms with Crippen LogP contribution in [0.25, 0.3) is 11.4 Å². The van der Waals surface area contributed by atoms with Gasteiger partial charge in [-0.1, -0.05) is 6.07 Å². The first-order valence-corrected chi connectivity index (χ1v) is 9.79. The molecular formula is C22H19FN6O3. The molecule has 2 heterocycles. The summed E-state index contributed by atoms with van der Waals surface area (Å²) in [6, 6.07) is 14.2. The van der Waals surface area contributed by atoms with Crippen LogP contribution in [-0.2, 0) is 4.74 Å². The standard InChI is InChI=1S/C22H19FN6O3/c1-3-32-22(31)19-11-12-28(26-19)18-6-4-5-16(13-18)25-21(30)20-24-14(2)29(27-20)17-9-7-15(23)8-10-17/h4-13H,3H2,1-2H3,(H,25,30). The number of aryl methyl sites for hydroxylation is 1. The minimum atomic E-state index is -0.506. The number of halogens is 1. The quantitative estimate of drug-likeness (QED) is 0.467. The Morgan fingerprint density at radius 2 is 1.84 bits per heavy atom. The van der Waals surface area contributed by atoms with Crippen LogP contribution in [0.4, 0.5) is 10.1 Å². The topological polar surface area (TPSA) is 104 Å². The van der Waals surface area contributed by atoms with Crippen LogP contribution in [0, 0.1) is 12.7 Å². The van der Waals surface area contributed by atoms with E-state index in [1.807, 2.05) is 0 Å². The number of anilines is 1. The number of carbonyl (C=O) groups is 2. The predicted molar refractivity (Wildman–Crippen MR) is 114 cm³/mol. The molecule has 0 aliphatic carbocycles. The number of esters is 1. The fraction of sp³-hybridized carbons (Fsp3) is 0.136. The van der Waals surface area contributed by atoms with E-state index in [4.69, 9.17) is 4.74 Å². The van der Waals surface area contributed by atoms with Crippen LogP contribution in [0.2, 0.25) is 0 Å². The lowest BCUT2D eigenvalue weighted by atomic mass is 10.2. The molecule has 0 atom stereocenters. The normalized spacial score (nSPS) is 10.7. The van der Waals surface area contributed by atoms with Crippen LogP contribution >= 0.6 is 0 Å². The van der Waals surface area contributed by atoms with Gasteiger partial charge in [-0.3, -0.25) is 4.79 Å². The van der Waals surface area contributed by atoms with Crippen molar-refractivity contribution in [2.75, 3.05) is 11.9 Å². The number of hydrogen-bond donors (Lipinski definition) is 1. The first-order valence-electron chi connectivity index (χ1n) is 9.79. The number of carbonyl (C=O) groups excluding carboxylic acids is 2. The second-order valence-corrected chi connectivity index (χ2v) is 6.74. The average Bonchev–Trinajstić information content (AvgIpc) is 3.42. The molecule has 0 bridgehead atoms. The van der Waals surface area contributed by atoms with Crippen LogP contribution in [0.1, 0.15) is 33.9 Å². The minimum Gasteiger partial charge on any atom is -0.461 e. The number of amides is 1. The maximum Gasteiger partial charge on any atom is 0.358 e. The van der Waals surface area contributed by atoms with E-state index in [9.17, 15) is 14.0 Å². The van der Waals surface area contributed by atoms with E-state index in [2.05, 4.69) is 20.5 Å². The van der Waals surface area contributed by atoms with E-state index in [1.54, 1.807) is 62.5 Å². The first kappa shape index (κ1) is 20.9. The second-order valence-electron chi connectivity index (χ2n) is 6.74. The number of rotatable bonds is 6. The highest BCUT2D eigenvalue weighted by atomic mass is 19.1. The summed E-state index contributed by atoms with van der Waals surface area (Å²) in [5, 5.41) is 11.2. The summed E-state index contributed by atoms with van der Waals surface area (Å²) >= 11 is 0. The van der Waals surface area contributed by atoms with Gasteiger partial charge in [0.15, 0.2) is 5.69 Å². The Hall–Kier alpha value is -4.34. The Bertz CT molecular complexity index is 1280. The zero-order chi connectivity index (χ0) is 22.7. The van der Waals surface area contributed by atoms with Crippen LogP contribution in [-0.4, -0.2) is 43.0 Å². The fourth-order valence-electron chi connectivity index (χ4n) is 3.01. The fourth-order valence-corrected chi connectivity index (χ4v) is 3.01. The highest BCUT2D eigenvalue weighted by molar-refractivity contribution is 6.01. The Kier molecular flexibility index (Phi) is 5.75. The number of benzene rings is 2. The summed E-state index contributed by atoms with van der Waals surface area (Å²) < 4.78 is 21.1. The van der Waals surface area contributed by atoms with Gasteiger partial charge >= 0.3 is 5.97 Å². The molecule has 0 radical (unpaired) electrons. The van der Waals surface area contributed by atoms with Crippen LogP contribution in [0.5, 0.6) is 0 Å². The molecule has 32 heavy (non-hydrogen) atoms. The molecule has 0 aliphatic rings. The van der Waals surface area contributed by atoms with Crippen molar-refractivity contribution in [2.45, 2.75) is 13.8 Å². The van der Waals surface area contributed by atoms with Crippen LogP contribution in [0.15, 0.2) is 60.8 Å². The molecule has 4 aromatic rings. The van der Waals surface area contributed by atoms with Gasteiger partial charge in [0.05, 0.1) is 18.0 Å². The molecule has 4 rings (SSSR count). The van der Waals surface area contributed by atoms with Crippen molar-refractivity contribution < 1.29 is 18.7 Å². The molecule has 162 valence electrons. The first-order chi connectivity index (χ1) is 15.4. The molecule has 1 N–H and O–H groups in total. The van der Waals surface area contributed by atoms with Gasteiger partial charge in [-0.15, -0.1) is 5.10 Å². The summed E-state index contributed by atoms with van der Waals surface area (Å²) in [7, 11) is 0. The lowest BCUT2D eigenvalue weighted by molar-refractivity contribution is 0.0519. The van der Waals surface area contributed by atoms with Gasteiger partial charge < -0.3 is 10.1 Å². The zero-order valence-electron chi connectivity index (χ0n) is 17.3. The van der Waals surface area contributed by atoms with E-state index < -0.39 is 11.9 Å². The van der Waals surface area contributed by atoms with Gasteiger partial charge in [0.1, 0.15) is 11.6 Å². The molecule has 0 saturated heterocycles. The third kappa shape index (κ3) is 4.38. The summed E-state index contributed by atoms with van der Waals surface area (Å²) in [4.78, 5) is 28.7. The van der Waals surface area contributed by atoms with Crippen molar-refractivity contribution in [1.29, 1.82) is 0 Å². The molecule has 2 aromatic carbocycles. The van der Waals surface area contributed by atoms with Crippen molar-refractivity contribution in [3.63, 3.8) is 0 Å². The van der Waals surface area contributed by atoms with Gasteiger partial charge in [0.25, 0.3) is 5.91 Å². The van der Waals surface area contributed by atoms with Crippen molar-refractivity contribution in [2.24, 2.45) is 0 Å². The third-order valence-corrected chi connectivity index (χ3v) is 4.49. The summed E-state index contributed by atoms with van der Waals surface area (Å²) in [6.45, 7) is 3.68. The largest absolute Gasteiger partial charge is 0.461 e. The lowest BCUT2D eigenvalue weighted by Crippen LogP contribution is -2.14. The van der Waals surface area contributed by atoms with Crippen molar-refractivity contribution in [3.8, 4) is 11.4 Å². The monoisotopic (exact) mass is 434 g/mol. The smallest absolute Gasteiger partial charge is 0.358 e. The molecule has 0 saturated carbocycles. The number of hydrogen-bond acceptors (Lipinski definition) is 6. The molecule has 10 heteroatoms. The number of aromatic nitrogens is 5. The average molecular weight is 434 g/mol. The predicted octanol–water partition coefficient (Wildman–Crippen LogP) is 3.33. The Morgan fingerprint density at radius 3 is 2.59 bits per heavy atom. The minimum absolute atomic E-state index is 0.0269. The molecule has 0 spiro atoms. The van der Waals surface area contributed by atoms with E-state index in [-0.39, 0.29) is 23.9 Å². The van der Waals surface area contributed by atoms with Crippen molar-refractivity contribution >= 4 is 17.6 Å². The molecule has 0 aliphatic heterocycles. The molecular weight excluding hydrogens is 415 g/mol. The maximum atomic E-state index is 13.2. The summed E-state index contributed by atoms with van der Waals surface area (Å²) in [5.74, 6) is -0.914. The SMILES string of the molecule is CCOC(=O)c1ccn(-c2cccc(NC(=O)c3nc(C)n(-c4ccc(F)cc4)n3)c2)n1. The Labute approximate surface area is 182 Å². The lowest BCUT2D eigenvalue weighted by Gasteiger charge is -2.06. The number of nitrogens with one attached hydrogen (secondary N) is 1. The highest BCUT2D eigenvalue weighted by Gasteiger charge is 2.16. The maximum absolute atomic E-state index is 13.2. The Balaban J connectivity index is 1.52.